The van der Waals surface area contributed by atoms with Gasteiger partial charge in [-0.3, -0.25) is 0 Å². The number of hydrogen-bond acceptors (Lipinski definition) is 2. The lowest BCUT2D eigenvalue weighted by Gasteiger charge is -2.19. The first-order valence-corrected chi connectivity index (χ1v) is 4.80. The summed E-state index contributed by atoms with van der Waals surface area (Å²) in [5.41, 5.74) is 0. The van der Waals surface area contributed by atoms with E-state index in [1.54, 1.807) is 4.90 Å². The number of urea groups is 1. The number of carbonyl (C=O) groups excluding carboxylic acids is 1. The second kappa shape index (κ2) is 4.46. The summed E-state index contributed by atoms with van der Waals surface area (Å²) in [5, 5.41) is 8.70. The van der Waals surface area contributed by atoms with E-state index in [1.807, 2.05) is 4.90 Å². The zero-order valence-electron chi connectivity index (χ0n) is 8.36. The summed E-state index contributed by atoms with van der Waals surface area (Å²) in [6, 6.07) is 0.0720. The molecule has 0 saturated carbocycles. The molecule has 0 bridgehead atoms. The second-order valence-corrected chi connectivity index (χ2v) is 3.83. The Labute approximate surface area is 79.1 Å². The minimum atomic E-state index is 0.0568. The fourth-order valence-corrected chi connectivity index (χ4v) is 1.57. The smallest absolute Gasteiger partial charge is 0.320 e. The summed E-state index contributed by atoms with van der Waals surface area (Å²) in [6.07, 6.45) is 0. The molecule has 1 rings (SSSR count). The molecule has 76 valence electrons. The highest BCUT2D eigenvalue weighted by Gasteiger charge is 2.27. The van der Waals surface area contributed by atoms with Gasteiger partial charge in [0.1, 0.15) is 0 Å². The van der Waals surface area contributed by atoms with E-state index < -0.39 is 0 Å². The molecule has 0 aromatic carbocycles. The molecule has 4 nitrogen and oxygen atoms in total. The van der Waals surface area contributed by atoms with E-state index in [2.05, 4.69) is 13.8 Å². The minimum absolute atomic E-state index is 0.0568. The lowest BCUT2D eigenvalue weighted by Crippen LogP contribution is -2.35. The third kappa shape index (κ3) is 2.59. The minimum Gasteiger partial charge on any atom is -0.395 e. The van der Waals surface area contributed by atoms with Gasteiger partial charge in [0.25, 0.3) is 0 Å². The summed E-state index contributed by atoms with van der Waals surface area (Å²) in [5.74, 6) is 0.512. The van der Waals surface area contributed by atoms with E-state index >= 15 is 0 Å². The second-order valence-electron chi connectivity index (χ2n) is 3.83. The number of rotatable bonds is 4. The van der Waals surface area contributed by atoms with Crippen molar-refractivity contribution in [1.82, 2.24) is 9.80 Å². The Balaban J connectivity index is 2.40. The van der Waals surface area contributed by atoms with Crippen molar-refractivity contribution in [3.8, 4) is 0 Å². The van der Waals surface area contributed by atoms with Crippen LogP contribution in [0.3, 0.4) is 0 Å². The van der Waals surface area contributed by atoms with Gasteiger partial charge in [0.05, 0.1) is 6.61 Å². The largest absolute Gasteiger partial charge is 0.395 e. The molecule has 13 heavy (non-hydrogen) atoms. The zero-order chi connectivity index (χ0) is 9.84. The van der Waals surface area contributed by atoms with Gasteiger partial charge in [-0.05, 0) is 5.92 Å². The number of nitrogens with zero attached hydrogens (tertiary/aromatic N) is 2. The molecule has 1 saturated heterocycles. The molecule has 0 atom stereocenters. The van der Waals surface area contributed by atoms with Gasteiger partial charge in [-0.1, -0.05) is 13.8 Å². The number of aliphatic hydroxyl groups is 1. The van der Waals surface area contributed by atoms with Crippen LogP contribution in [0, 0.1) is 5.92 Å². The third-order valence-corrected chi connectivity index (χ3v) is 2.14. The van der Waals surface area contributed by atoms with E-state index in [9.17, 15) is 4.79 Å². The number of β-amino-alcohol motifs (C(OH)–C–C–N with tert-alkyl or cyclic N) is 1. The van der Waals surface area contributed by atoms with E-state index in [4.69, 9.17) is 5.11 Å². The van der Waals surface area contributed by atoms with Crippen LogP contribution in [0.2, 0.25) is 0 Å². The molecule has 2 amide bonds. The average Bonchev–Trinajstić information content (AvgIpc) is 2.36. The molecule has 0 aliphatic carbocycles. The van der Waals surface area contributed by atoms with E-state index in [0.717, 1.165) is 19.6 Å². The summed E-state index contributed by atoms with van der Waals surface area (Å²) >= 11 is 0. The summed E-state index contributed by atoms with van der Waals surface area (Å²) in [7, 11) is 0. The van der Waals surface area contributed by atoms with Crippen molar-refractivity contribution in [3.05, 3.63) is 0 Å². The van der Waals surface area contributed by atoms with Gasteiger partial charge < -0.3 is 14.9 Å². The first kappa shape index (κ1) is 10.3. The van der Waals surface area contributed by atoms with Crippen LogP contribution >= 0.6 is 0 Å². The topological polar surface area (TPSA) is 43.8 Å². The van der Waals surface area contributed by atoms with Crippen LogP contribution in [0.5, 0.6) is 0 Å². The predicted molar refractivity (Wildman–Crippen MR) is 50.5 cm³/mol. The first-order valence-electron chi connectivity index (χ1n) is 4.80. The van der Waals surface area contributed by atoms with Gasteiger partial charge in [-0.15, -0.1) is 0 Å². The highest BCUT2D eigenvalue weighted by Crippen LogP contribution is 2.10. The highest BCUT2D eigenvalue weighted by atomic mass is 16.3. The van der Waals surface area contributed by atoms with Crippen LogP contribution in [-0.4, -0.2) is 53.7 Å². The van der Waals surface area contributed by atoms with Crippen LogP contribution in [0.4, 0.5) is 4.79 Å². The Bertz CT molecular complexity index is 182. The summed E-state index contributed by atoms with van der Waals surface area (Å²) in [6.45, 7) is 7.10. The van der Waals surface area contributed by atoms with Crippen LogP contribution in [-0.2, 0) is 0 Å². The predicted octanol–water partition coefficient (Wildman–Crippen LogP) is 0.372. The van der Waals surface area contributed by atoms with Crippen LogP contribution in [0.25, 0.3) is 0 Å². The Hall–Kier alpha value is -0.770. The van der Waals surface area contributed by atoms with Crippen molar-refractivity contribution in [2.24, 2.45) is 5.92 Å². The number of carbonyl (C=O) groups is 1. The van der Waals surface area contributed by atoms with Crippen molar-refractivity contribution in [2.75, 3.05) is 32.8 Å². The molecule has 0 spiro atoms. The molecular weight excluding hydrogens is 168 g/mol. The molecule has 0 aromatic heterocycles. The molecule has 0 aromatic rings. The maximum absolute atomic E-state index is 11.6. The first-order chi connectivity index (χ1) is 6.15. The van der Waals surface area contributed by atoms with E-state index in [0.29, 0.717) is 12.5 Å². The molecule has 0 unspecified atom stereocenters. The van der Waals surface area contributed by atoms with Gasteiger partial charge in [-0.2, -0.15) is 0 Å². The van der Waals surface area contributed by atoms with E-state index in [-0.39, 0.29) is 12.6 Å². The van der Waals surface area contributed by atoms with Crippen molar-refractivity contribution >= 4 is 6.03 Å². The van der Waals surface area contributed by atoms with Gasteiger partial charge >= 0.3 is 6.03 Å². The molecular formula is C9H18N2O2. The quantitative estimate of drug-likeness (QED) is 0.689. The molecule has 1 fully saturated rings. The molecule has 1 heterocycles. The van der Waals surface area contributed by atoms with Gasteiger partial charge in [0.15, 0.2) is 0 Å². The maximum Gasteiger partial charge on any atom is 0.320 e. The van der Waals surface area contributed by atoms with Crippen molar-refractivity contribution in [2.45, 2.75) is 13.8 Å². The lowest BCUT2D eigenvalue weighted by molar-refractivity contribution is 0.176. The van der Waals surface area contributed by atoms with E-state index in [1.165, 1.54) is 0 Å². The summed E-state index contributed by atoms with van der Waals surface area (Å²) in [4.78, 5) is 15.1. The Morgan fingerprint density at radius 2 is 2.00 bits per heavy atom. The fourth-order valence-electron chi connectivity index (χ4n) is 1.57. The highest BCUT2D eigenvalue weighted by molar-refractivity contribution is 5.76. The van der Waals surface area contributed by atoms with Gasteiger partial charge in [0, 0.05) is 26.2 Å². The lowest BCUT2D eigenvalue weighted by atomic mass is 10.2. The molecule has 1 N–H and O–H groups in total. The third-order valence-electron chi connectivity index (χ3n) is 2.14. The van der Waals surface area contributed by atoms with Gasteiger partial charge in [-0.25, -0.2) is 4.79 Å². The van der Waals surface area contributed by atoms with Crippen molar-refractivity contribution in [1.29, 1.82) is 0 Å². The molecule has 1 aliphatic rings. The zero-order valence-corrected chi connectivity index (χ0v) is 8.36. The normalized spacial score (nSPS) is 17.7. The number of amides is 2. The van der Waals surface area contributed by atoms with Crippen LogP contribution < -0.4 is 0 Å². The number of hydrogen-bond donors (Lipinski definition) is 1. The SMILES string of the molecule is CC(C)CN1CCN(CCO)C1=O. The Morgan fingerprint density at radius 3 is 2.54 bits per heavy atom. The molecule has 1 aliphatic heterocycles. The Morgan fingerprint density at radius 1 is 1.38 bits per heavy atom. The van der Waals surface area contributed by atoms with Crippen molar-refractivity contribution in [3.63, 3.8) is 0 Å². The Kier molecular flexibility index (Phi) is 3.54. The van der Waals surface area contributed by atoms with Crippen LogP contribution in [0.1, 0.15) is 13.8 Å². The fraction of sp³-hybridized carbons (Fsp3) is 0.889. The maximum atomic E-state index is 11.6. The molecule has 0 radical (unpaired) electrons. The monoisotopic (exact) mass is 186 g/mol. The number of aliphatic hydroxyl groups excluding tert-OH is 1. The average molecular weight is 186 g/mol. The summed E-state index contributed by atoms with van der Waals surface area (Å²) < 4.78 is 0. The molecule has 4 heteroatoms. The standard InChI is InChI=1S/C9H18N2O2/c1-8(2)7-11-4-3-10(5-6-12)9(11)13/h8,12H,3-7H2,1-2H3. The van der Waals surface area contributed by atoms with Gasteiger partial charge in [0.2, 0.25) is 0 Å². The van der Waals surface area contributed by atoms with Crippen LogP contribution in [0.15, 0.2) is 0 Å². The van der Waals surface area contributed by atoms with Crippen molar-refractivity contribution < 1.29 is 9.90 Å².